The first-order chi connectivity index (χ1) is 14.2. The molecule has 0 radical (unpaired) electrons. The molecule has 6 heteroatoms. The fourth-order valence-electron chi connectivity index (χ4n) is 3.68. The van der Waals surface area contributed by atoms with Gasteiger partial charge in [0, 0.05) is 37.4 Å². The molecule has 6 nitrogen and oxygen atoms in total. The van der Waals surface area contributed by atoms with E-state index in [-0.39, 0.29) is 6.61 Å². The highest BCUT2D eigenvalue weighted by atomic mass is 16.5. The zero-order valence-corrected chi connectivity index (χ0v) is 17.4. The molecule has 1 fully saturated rings. The molecule has 1 atom stereocenters. The summed E-state index contributed by atoms with van der Waals surface area (Å²) in [7, 11) is 1.70. The highest BCUT2D eigenvalue weighted by molar-refractivity contribution is 5.80. The minimum Gasteiger partial charge on any atom is -0.497 e. The molecule has 1 heterocycles. The Morgan fingerprint density at radius 3 is 2.79 bits per heavy atom. The van der Waals surface area contributed by atoms with Gasteiger partial charge in [0.05, 0.1) is 20.3 Å². The number of anilines is 1. The monoisotopic (exact) mass is 396 g/mol. The van der Waals surface area contributed by atoms with Gasteiger partial charge in [-0.1, -0.05) is 30.3 Å². The van der Waals surface area contributed by atoms with Crippen molar-refractivity contribution in [2.45, 2.75) is 39.0 Å². The maximum absolute atomic E-state index is 9.53. The minimum atomic E-state index is 0.0355. The normalized spacial score (nSPS) is 17.1. The molecular formula is C23H32N4O2. The molecule has 29 heavy (non-hydrogen) atoms. The van der Waals surface area contributed by atoms with Crippen molar-refractivity contribution >= 4 is 11.6 Å². The van der Waals surface area contributed by atoms with Gasteiger partial charge in [-0.2, -0.15) is 0 Å². The van der Waals surface area contributed by atoms with Gasteiger partial charge < -0.3 is 25.4 Å². The molecule has 1 aliphatic heterocycles. The van der Waals surface area contributed by atoms with E-state index < -0.39 is 0 Å². The summed E-state index contributed by atoms with van der Waals surface area (Å²) in [4.78, 5) is 7.15. The number of ether oxygens (including phenoxy) is 1. The predicted octanol–water partition coefficient (Wildman–Crippen LogP) is 2.91. The molecule has 2 aromatic carbocycles. The second kappa shape index (κ2) is 10.7. The molecule has 0 aliphatic carbocycles. The summed E-state index contributed by atoms with van der Waals surface area (Å²) in [5.74, 6) is 1.70. The highest BCUT2D eigenvalue weighted by Gasteiger charge is 2.21. The number of guanidine groups is 1. The number of benzene rings is 2. The van der Waals surface area contributed by atoms with Gasteiger partial charge in [0.25, 0.3) is 0 Å². The van der Waals surface area contributed by atoms with Crippen LogP contribution < -0.4 is 20.3 Å². The molecule has 1 aliphatic rings. The van der Waals surface area contributed by atoms with Crippen LogP contribution in [-0.4, -0.2) is 43.9 Å². The van der Waals surface area contributed by atoms with Crippen molar-refractivity contribution in [3.63, 3.8) is 0 Å². The Hall–Kier alpha value is -2.73. The van der Waals surface area contributed by atoms with Crippen LogP contribution in [0.1, 0.15) is 30.9 Å². The SMILES string of the molecule is CCNC(=NCc1ccccc1CO)NC1CCCN(c2cccc(OC)c2)C1. The number of aliphatic imine (C=N–C) groups is 1. The van der Waals surface area contributed by atoms with Crippen LogP contribution in [0.15, 0.2) is 53.5 Å². The first kappa shape index (κ1) is 21.0. The summed E-state index contributed by atoms with van der Waals surface area (Å²) < 4.78 is 5.37. The van der Waals surface area contributed by atoms with E-state index in [1.165, 1.54) is 5.69 Å². The van der Waals surface area contributed by atoms with Crippen LogP contribution in [0.25, 0.3) is 0 Å². The first-order valence-corrected chi connectivity index (χ1v) is 10.3. The molecule has 0 aromatic heterocycles. The third-order valence-corrected chi connectivity index (χ3v) is 5.22. The van der Waals surface area contributed by atoms with Gasteiger partial charge in [-0.15, -0.1) is 0 Å². The molecule has 0 bridgehead atoms. The quantitative estimate of drug-likeness (QED) is 0.496. The molecule has 2 aromatic rings. The van der Waals surface area contributed by atoms with Gasteiger partial charge in [0.15, 0.2) is 5.96 Å². The lowest BCUT2D eigenvalue weighted by molar-refractivity contribution is 0.280. The van der Waals surface area contributed by atoms with Crippen molar-refractivity contribution < 1.29 is 9.84 Å². The average Bonchev–Trinajstić information content (AvgIpc) is 2.78. The Labute approximate surface area is 173 Å². The maximum Gasteiger partial charge on any atom is 0.191 e. The molecule has 3 N–H and O–H groups in total. The van der Waals surface area contributed by atoms with Crippen molar-refractivity contribution in [2.75, 3.05) is 31.6 Å². The lowest BCUT2D eigenvalue weighted by atomic mass is 10.0. The van der Waals surface area contributed by atoms with E-state index in [0.717, 1.165) is 55.3 Å². The van der Waals surface area contributed by atoms with Crippen LogP contribution in [0.5, 0.6) is 5.75 Å². The van der Waals surface area contributed by atoms with Gasteiger partial charge in [-0.05, 0) is 43.0 Å². The lowest BCUT2D eigenvalue weighted by Crippen LogP contribution is -2.51. The number of rotatable bonds is 7. The number of nitrogens with zero attached hydrogens (tertiary/aromatic N) is 2. The number of aliphatic hydroxyl groups is 1. The van der Waals surface area contributed by atoms with Crippen molar-refractivity contribution in [3.05, 3.63) is 59.7 Å². The van der Waals surface area contributed by atoms with Crippen molar-refractivity contribution in [3.8, 4) is 5.75 Å². The summed E-state index contributed by atoms with van der Waals surface area (Å²) in [6.45, 7) is 5.42. The zero-order valence-electron chi connectivity index (χ0n) is 17.4. The third kappa shape index (κ3) is 5.87. The van der Waals surface area contributed by atoms with Gasteiger partial charge in [0.1, 0.15) is 5.75 Å². The van der Waals surface area contributed by atoms with E-state index in [4.69, 9.17) is 9.73 Å². The molecule has 1 saturated heterocycles. The maximum atomic E-state index is 9.53. The number of hydrogen-bond donors (Lipinski definition) is 3. The fraction of sp³-hybridized carbons (Fsp3) is 0.435. The third-order valence-electron chi connectivity index (χ3n) is 5.22. The van der Waals surface area contributed by atoms with E-state index >= 15 is 0 Å². The molecule has 0 saturated carbocycles. The fourth-order valence-corrected chi connectivity index (χ4v) is 3.68. The second-order valence-electron chi connectivity index (χ2n) is 7.25. The Morgan fingerprint density at radius 1 is 1.21 bits per heavy atom. The Bertz CT molecular complexity index is 809. The van der Waals surface area contributed by atoms with Crippen LogP contribution in [0.3, 0.4) is 0 Å². The number of aliphatic hydroxyl groups excluding tert-OH is 1. The van der Waals surface area contributed by atoms with Crippen molar-refractivity contribution in [1.82, 2.24) is 10.6 Å². The number of methoxy groups -OCH3 is 1. The minimum absolute atomic E-state index is 0.0355. The van der Waals surface area contributed by atoms with Crippen LogP contribution in [0.4, 0.5) is 5.69 Å². The van der Waals surface area contributed by atoms with E-state index in [2.05, 4.69) is 34.6 Å². The van der Waals surface area contributed by atoms with Crippen LogP contribution in [-0.2, 0) is 13.2 Å². The highest BCUT2D eigenvalue weighted by Crippen LogP contribution is 2.24. The number of nitrogens with one attached hydrogen (secondary N) is 2. The molecular weight excluding hydrogens is 364 g/mol. The summed E-state index contributed by atoms with van der Waals surface area (Å²) >= 11 is 0. The summed E-state index contributed by atoms with van der Waals surface area (Å²) in [5.41, 5.74) is 3.16. The molecule has 1 unspecified atom stereocenters. The molecule has 3 rings (SSSR count). The molecule has 0 amide bonds. The summed E-state index contributed by atoms with van der Waals surface area (Å²) in [5, 5.41) is 16.5. The van der Waals surface area contributed by atoms with E-state index in [1.807, 2.05) is 36.4 Å². The van der Waals surface area contributed by atoms with Crippen LogP contribution >= 0.6 is 0 Å². The van der Waals surface area contributed by atoms with Gasteiger partial charge in [-0.25, -0.2) is 4.99 Å². The predicted molar refractivity (Wildman–Crippen MR) is 119 cm³/mol. The smallest absolute Gasteiger partial charge is 0.191 e. The van der Waals surface area contributed by atoms with Crippen LogP contribution in [0.2, 0.25) is 0 Å². The zero-order chi connectivity index (χ0) is 20.5. The standard InChI is InChI=1S/C23H32N4O2/c1-3-24-23(25-15-18-8-4-5-9-19(18)17-28)26-20-10-7-13-27(16-20)21-11-6-12-22(14-21)29-2/h4-6,8-9,11-12,14,20,28H,3,7,10,13,15-17H2,1-2H3,(H2,24,25,26). The second-order valence-corrected chi connectivity index (χ2v) is 7.25. The summed E-state index contributed by atoms with van der Waals surface area (Å²) in [6, 6.07) is 16.4. The van der Waals surface area contributed by atoms with Crippen LogP contribution in [0, 0.1) is 0 Å². The Morgan fingerprint density at radius 2 is 2.03 bits per heavy atom. The van der Waals surface area contributed by atoms with Gasteiger partial charge in [-0.3, -0.25) is 0 Å². The molecule has 156 valence electrons. The van der Waals surface area contributed by atoms with E-state index in [0.29, 0.717) is 12.6 Å². The number of hydrogen-bond acceptors (Lipinski definition) is 4. The average molecular weight is 397 g/mol. The van der Waals surface area contributed by atoms with Crippen molar-refractivity contribution in [2.24, 2.45) is 4.99 Å². The van der Waals surface area contributed by atoms with E-state index in [1.54, 1.807) is 7.11 Å². The molecule has 0 spiro atoms. The summed E-state index contributed by atoms with van der Waals surface area (Å²) in [6.07, 6.45) is 2.24. The van der Waals surface area contributed by atoms with E-state index in [9.17, 15) is 5.11 Å². The largest absolute Gasteiger partial charge is 0.497 e. The first-order valence-electron chi connectivity index (χ1n) is 10.3. The number of piperidine rings is 1. The van der Waals surface area contributed by atoms with Crippen molar-refractivity contribution in [1.29, 1.82) is 0 Å². The van der Waals surface area contributed by atoms with Gasteiger partial charge in [0.2, 0.25) is 0 Å². The Kier molecular flexibility index (Phi) is 7.76. The topological polar surface area (TPSA) is 69.1 Å². The Balaban J connectivity index is 1.66. The lowest BCUT2D eigenvalue weighted by Gasteiger charge is -2.35. The van der Waals surface area contributed by atoms with Gasteiger partial charge >= 0.3 is 0 Å².